The fourth-order valence-electron chi connectivity index (χ4n) is 8.17. The largest absolute Gasteiger partial charge is 0.462 e. The van der Waals surface area contributed by atoms with Gasteiger partial charge >= 0.3 is 17.9 Å². The zero-order valence-corrected chi connectivity index (χ0v) is 45.3. The van der Waals surface area contributed by atoms with Crippen molar-refractivity contribution < 1.29 is 28.6 Å². The molecule has 0 saturated heterocycles. The standard InChI is InChI=1S/C63H108O6/c1-4-7-10-13-16-19-22-25-27-29-31-33-35-38-41-44-47-50-53-56-62(65)68-59-60(58-67-61(64)55-52-49-46-43-40-37-24-21-18-15-12-9-6-3)69-63(66)57-54-51-48-45-42-39-36-34-32-30-28-26-23-20-17-14-11-8-5-2/h9,12,15-16,18-19,21-22,24-25,37,40,43,46,60H,4-8,10-11,13-14,17,20,23,26-36,38-39,41-42,44-45,47-59H2,1-3H3/b12-9+,18-15+,19-16+,24-21+,25-22+,40-37+,46-43+. The highest BCUT2D eigenvalue weighted by Gasteiger charge is 2.19. The first kappa shape index (κ1) is 65.6. The van der Waals surface area contributed by atoms with Crippen LogP contribution < -0.4 is 0 Å². The Morgan fingerprint density at radius 1 is 0.304 bits per heavy atom. The predicted octanol–water partition coefficient (Wildman–Crippen LogP) is 19.5. The highest BCUT2D eigenvalue weighted by Crippen LogP contribution is 2.16. The highest BCUT2D eigenvalue weighted by molar-refractivity contribution is 5.71. The molecule has 1 unspecified atom stereocenters. The molecule has 1 atom stereocenters. The van der Waals surface area contributed by atoms with Crippen LogP contribution in [0, 0.1) is 0 Å². The van der Waals surface area contributed by atoms with Crippen LogP contribution in [0.2, 0.25) is 0 Å². The van der Waals surface area contributed by atoms with Gasteiger partial charge < -0.3 is 14.2 Å². The van der Waals surface area contributed by atoms with Gasteiger partial charge in [-0.2, -0.15) is 0 Å². The lowest BCUT2D eigenvalue weighted by Gasteiger charge is -2.18. The maximum atomic E-state index is 12.9. The molecule has 69 heavy (non-hydrogen) atoms. The predicted molar refractivity (Wildman–Crippen MR) is 297 cm³/mol. The average Bonchev–Trinajstić information content (AvgIpc) is 3.35. The molecule has 0 aromatic heterocycles. The van der Waals surface area contributed by atoms with Crippen molar-refractivity contribution in [2.45, 2.75) is 284 Å². The number of hydrogen-bond donors (Lipinski definition) is 0. The molecule has 0 aliphatic heterocycles. The normalized spacial score (nSPS) is 12.7. The summed E-state index contributed by atoms with van der Waals surface area (Å²) in [5, 5.41) is 0. The van der Waals surface area contributed by atoms with Crippen LogP contribution >= 0.6 is 0 Å². The number of rotatable bonds is 52. The topological polar surface area (TPSA) is 78.9 Å². The van der Waals surface area contributed by atoms with E-state index in [4.69, 9.17) is 14.2 Å². The van der Waals surface area contributed by atoms with Gasteiger partial charge in [-0.05, 0) is 57.8 Å². The minimum atomic E-state index is -0.806. The molecule has 0 aromatic carbocycles. The van der Waals surface area contributed by atoms with E-state index in [1.54, 1.807) is 0 Å². The van der Waals surface area contributed by atoms with Crippen LogP contribution in [-0.4, -0.2) is 37.2 Å². The zero-order valence-electron chi connectivity index (χ0n) is 45.3. The number of hydrogen-bond acceptors (Lipinski definition) is 6. The van der Waals surface area contributed by atoms with E-state index >= 15 is 0 Å². The fourth-order valence-corrected chi connectivity index (χ4v) is 8.17. The van der Waals surface area contributed by atoms with Crippen molar-refractivity contribution in [3.05, 3.63) is 85.1 Å². The summed E-state index contributed by atoms with van der Waals surface area (Å²) in [4.78, 5) is 38.1. The third kappa shape index (κ3) is 55.4. The van der Waals surface area contributed by atoms with Crippen molar-refractivity contribution in [1.82, 2.24) is 0 Å². The molecule has 6 nitrogen and oxygen atoms in total. The van der Waals surface area contributed by atoms with Crippen molar-refractivity contribution in [2.24, 2.45) is 0 Å². The summed E-state index contributed by atoms with van der Waals surface area (Å²) >= 11 is 0. The van der Waals surface area contributed by atoms with E-state index in [-0.39, 0.29) is 37.5 Å². The summed E-state index contributed by atoms with van der Waals surface area (Å²) in [5.74, 6) is -0.970. The molecule has 0 fully saturated rings. The quantitative estimate of drug-likeness (QED) is 0.0262. The van der Waals surface area contributed by atoms with Gasteiger partial charge in [0.2, 0.25) is 0 Å². The van der Waals surface area contributed by atoms with Crippen LogP contribution in [0.5, 0.6) is 0 Å². The van der Waals surface area contributed by atoms with Crippen molar-refractivity contribution >= 4 is 17.9 Å². The van der Waals surface area contributed by atoms with Crippen LogP contribution in [0.3, 0.4) is 0 Å². The molecule has 6 heteroatoms. The van der Waals surface area contributed by atoms with Gasteiger partial charge in [-0.3, -0.25) is 14.4 Å². The van der Waals surface area contributed by atoms with Crippen LogP contribution in [-0.2, 0) is 28.6 Å². The summed E-state index contributed by atoms with van der Waals surface area (Å²) in [5.41, 5.74) is 0. The lowest BCUT2D eigenvalue weighted by Crippen LogP contribution is -2.30. The van der Waals surface area contributed by atoms with Gasteiger partial charge in [0.25, 0.3) is 0 Å². The first-order chi connectivity index (χ1) is 34.0. The first-order valence-corrected chi connectivity index (χ1v) is 29.2. The first-order valence-electron chi connectivity index (χ1n) is 29.2. The van der Waals surface area contributed by atoms with Gasteiger partial charge in [-0.1, -0.05) is 286 Å². The van der Waals surface area contributed by atoms with E-state index in [2.05, 4.69) is 51.2 Å². The van der Waals surface area contributed by atoms with Gasteiger partial charge in [0, 0.05) is 19.3 Å². The molecule has 0 bridgehead atoms. The number of ether oxygens (including phenoxy) is 3. The molecule has 0 amide bonds. The van der Waals surface area contributed by atoms with E-state index < -0.39 is 6.10 Å². The molecule has 0 saturated carbocycles. The molecule has 0 radical (unpaired) electrons. The lowest BCUT2D eigenvalue weighted by molar-refractivity contribution is -0.167. The second-order valence-electron chi connectivity index (χ2n) is 19.3. The summed E-state index contributed by atoms with van der Waals surface area (Å²) < 4.78 is 16.8. The van der Waals surface area contributed by atoms with Crippen LogP contribution in [0.4, 0.5) is 0 Å². The molecule has 0 rings (SSSR count). The number of esters is 3. The molecular formula is C63H108O6. The van der Waals surface area contributed by atoms with E-state index in [1.165, 1.54) is 180 Å². The van der Waals surface area contributed by atoms with Gasteiger partial charge in [0.05, 0.1) is 0 Å². The third-order valence-corrected chi connectivity index (χ3v) is 12.5. The van der Waals surface area contributed by atoms with Crippen molar-refractivity contribution in [3.63, 3.8) is 0 Å². The number of carbonyl (C=O) groups excluding carboxylic acids is 3. The summed E-state index contributed by atoms with van der Waals surface area (Å²) in [6.45, 7) is 6.43. The smallest absolute Gasteiger partial charge is 0.306 e. The Morgan fingerprint density at radius 3 is 0.986 bits per heavy atom. The van der Waals surface area contributed by atoms with E-state index in [0.29, 0.717) is 19.3 Å². The second-order valence-corrected chi connectivity index (χ2v) is 19.3. The van der Waals surface area contributed by atoms with Gasteiger partial charge in [-0.15, -0.1) is 0 Å². The van der Waals surface area contributed by atoms with E-state index in [9.17, 15) is 14.4 Å². The van der Waals surface area contributed by atoms with E-state index in [1.807, 2.05) is 54.7 Å². The zero-order chi connectivity index (χ0) is 50.0. The van der Waals surface area contributed by atoms with Crippen LogP contribution in [0.25, 0.3) is 0 Å². The van der Waals surface area contributed by atoms with E-state index in [0.717, 1.165) is 51.4 Å². The molecular weight excluding hydrogens is 853 g/mol. The monoisotopic (exact) mass is 961 g/mol. The van der Waals surface area contributed by atoms with Crippen molar-refractivity contribution in [1.29, 1.82) is 0 Å². The minimum absolute atomic E-state index is 0.0990. The van der Waals surface area contributed by atoms with Gasteiger partial charge in [0.15, 0.2) is 6.10 Å². The molecule has 0 aliphatic carbocycles. The average molecular weight is 962 g/mol. The van der Waals surface area contributed by atoms with Crippen LogP contribution in [0.15, 0.2) is 85.1 Å². The second kappa shape index (κ2) is 57.2. The minimum Gasteiger partial charge on any atom is -0.462 e. The Morgan fingerprint density at radius 2 is 0.580 bits per heavy atom. The summed E-state index contributed by atoms with van der Waals surface area (Å²) in [6, 6.07) is 0. The maximum Gasteiger partial charge on any atom is 0.306 e. The molecule has 0 aromatic rings. The third-order valence-electron chi connectivity index (χ3n) is 12.5. The maximum absolute atomic E-state index is 12.9. The lowest BCUT2D eigenvalue weighted by atomic mass is 10.0. The van der Waals surface area contributed by atoms with Crippen molar-refractivity contribution in [2.75, 3.05) is 13.2 Å². The Bertz CT molecular complexity index is 1330. The van der Waals surface area contributed by atoms with Gasteiger partial charge in [0.1, 0.15) is 13.2 Å². The Balaban J connectivity index is 4.40. The molecule has 0 heterocycles. The molecule has 0 spiro atoms. The Kier molecular flexibility index (Phi) is 54.3. The number of allylic oxidation sites excluding steroid dienone is 14. The fraction of sp³-hybridized carbons (Fsp3) is 0.730. The van der Waals surface area contributed by atoms with Gasteiger partial charge in [-0.25, -0.2) is 0 Å². The van der Waals surface area contributed by atoms with Crippen molar-refractivity contribution in [3.8, 4) is 0 Å². The molecule has 0 aliphatic rings. The Labute approximate surface area is 426 Å². The highest BCUT2D eigenvalue weighted by atomic mass is 16.6. The SMILES string of the molecule is CC/C=C/C=C/C=C/C=C/C=C/CCCC(=O)OCC(COC(=O)CCCCCCCCCCCC/C=C/C=C/CCCCC)OC(=O)CCCCCCCCCCCCCCCCCCCCC. The summed E-state index contributed by atoms with van der Waals surface area (Å²) in [7, 11) is 0. The van der Waals surface area contributed by atoms with Crippen LogP contribution in [0.1, 0.15) is 278 Å². The molecule has 396 valence electrons. The molecule has 0 N–H and O–H groups in total. The number of carbonyl (C=O) groups is 3. The Hall–Kier alpha value is -3.41. The number of unbranched alkanes of at least 4 members (excludes halogenated alkanes) is 32. The summed E-state index contributed by atoms with van der Waals surface area (Å²) in [6.07, 6.45) is 74.4.